The summed E-state index contributed by atoms with van der Waals surface area (Å²) >= 11 is 0. The fraction of sp³-hybridized carbons (Fsp3) is 0.250. The number of pyridine rings is 1. The van der Waals surface area contributed by atoms with Crippen LogP contribution in [0.3, 0.4) is 0 Å². The molecule has 1 aliphatic heterocycles. The maximum atomic E-state index is 11.8. The third-order valence-corrected chi connectivity index (χ3v) is 3.26. The van der Waals surface area contributed by atoms with Gasteiger partial charge < -0.3 is 14.8 Å². The van der Waals surface area contributed by atoms with E-state index in [2.05, 4.69) is 10.3 Å². The molecule has 5 heteroatoms. The van der Waals surface area contributed by atoms with E-state index in [-0.39, 0.29) is 12.7 Å². The van der Waals surface area contributed by atoms with E-state index in [4.69, 9.17) is 9.47 Å². The highest BCUT2D eigenvalue weighted by Crippen LogP contribution is 2.32. The Kier molecular flexibility index (Phi) is 4.00. The number of amides is 1. The van der Waals surface area contributed by atoms with Crippen molar-refractivity contribution in [1.82, 2.24) is 10.3 Å². The fourth-order valence-corrected chi connectivity index (χ4v) is 2.13. The van der Waals surface area contributed by atoms with Gasteiger partial charge in [-0.3, -0.25) is 9.78 Å². The summed E-state index contributed by atoms with van der Waals surface area (Å²) in [7, 11) is 0. The minimum Gasteiger partial charge on any atom is -0.454 e. The Hall–Kier alpha value is -2.56. The van der Waals surface area contributed by atoms with E-state index in [9.17, 15) is 4.79 Å². The normalized spacial score (nSPS) is 12.2. The SMILES string of the molecule is O=C(CCc1ccccn1)NCc1ccc2c(c1)OCO2. The highest BCUT2D eigenvalue weighted by molar-refractivity contribution is 5.76. The Labute approximate surface area is 122 Å². The molecule has 21 heavy (non-hydrogen) atoms. The number of benzene rings is 1. The zero-order valence-electron chi connectivity index (χ0n) is 11.5. The Morgan fingerprint density at radius 1 is 1.19 bits per heavy atom. The van der Waals surface area contributed by atoms with Crippen molar-refractivity contribution in [2.75, 3.05) is 6.79 Å². The number of hydrogen-bond donors (Lipinski definition) is 1. The van der Waals surface area contributed by atoms with E-state index in [0.29, 0.717) is 19.4 Å². The number of hydrogen-bond acceptors (Lipinski definition) is 4. The smallest absolute Gasteiger partial charge is 0.231 e. The van der Waals surface area contributed by atoms with Crippen LogP contribution >= 0.6 is 0 Å². The molecule has 1 aromatic heterocycles. The molecule has 3 rings (SSSR count). The first-order chi connectivity index (χ1) is 10.3. The van der Waals surface area contributed by atoms with E-state index in [0.717, 1.165) is 22.8 Å². The second-order valence-electron chi connectivity index (χ2n) is 4.79. The van der Waals surface area contributed by atoms with Crippen LogP contribution in [0.2, 0.25) is 0 Å². The fourth-order valence-electron chi connectivity index (χ4n) is 2.13. The van der Waals surface area contributed by atoms with Crippen molar-refractivity contribution < 1.29 is 14.3 Å². The van der Waals surface area contributed by atoms with Crippen molar-refractivity contribution in [2.45, 2.75) is 19.4 Å². The lowest BCUT2D eigenvalue weighted by Gasteiger charge is -2.06. The average molecular weight is 284 g/mol. The van der Waals surface area contributed by atoms with Crippen molar-refractivity contribution in [3.05, 3.63) is 53.9 Å². The van der Waals surface area contributed by atoms with Gasteiger partial charge in [0.2, 0.25) is 12.7 Å². The Balaban J connectivity index is 1.47. The summed E-state index contributed by atoms with van der Waals surface area (Å²) in [5.74, 6) is 1.49. The minimum absolute atomic E-state index is 0.0123. The van der Waals surface area contributed by atoms with E-state index >= 15 is 0 Å². The molecule has 0 saturated carbocycles. The molecule has 0 aliphatic carbocycles. The van der Waals surface area contributed by atoms with Gasteiger partial charge in [-0.05, 0) is 36.2 Å². The highest BCUT2D eigenvalue weighted by Gasteiger charge is 2.13. The van der Waals surface area contributed by atoms with Crippen molar-refractivity contribution >= 4 is 5.91 Å². The first kappa shape index (κ1) is 13.4. The van der Waals surface area contributed by atoms with Gasteiger partial charge in [0.15, 0.2) is 11.5 Å². The van der Waals surface area contributed by atoms with Crippen molar-refractivity contribution in [2.24, 2.45) is 0 Å². The van der Waals surface area contributed by atoms with Crippen LogP contribution in [0.5, 0.6) is 11.5 Å². The summed E-state index contributed by atoms with van der Waals surface area (Å²) in [5, 5.41) is 2.90. The van der Waals surface area contributed by atoms with Crippen LogP contribution in [-0.2, 0) is 17.8 Å². The standard InChI is InChI=1S/C16H16N2O3/c19-16(7-5-13-3-1-2-8-17-13)18-10-12-4-6-14-15(9-12)21-11-20-14/h1-4,6,8-9H,5,7,10-11H2,(H,18,19). The lowest BCUT2D eigenvalue weighted by atomic mass is 10.2. The molecular weight excluding hydrogens is 268 g/mol. The molecule has 1 N–H and O–H groups in total. The van der Waals surface area contributed by atoms with Gasteiger partial charge in [0.05, 0.1) is 0 Å². The van der Waals surface area contributed by atoms with Gasteiger partial charge in [-0.25, -0.2) is 0 Å². The lowest BCUT2D eigenvalue weighted by Crippen LogP contribution is -2.23. The molecular formula is C16H16N2O3. The van der Waals surface area contributed by atoms with Crippen LogP contribution in [-0.4, -0.2) is 17.7 Å². The summed E-state index contributed by atoms with van der Waals surface area (Å²) < 4.78 is 10.6. The van der Waals surface area contributed by atoms with Gasteiger partial charge in [-0.2, -0.15) is 0 Å². The number of aromatic nitrogens is 1. The summed E-state index contributed by atoms with van der Waals surface area (Å²) in [4.78, 5) is 16.0. The third-order valence-electron chi connectivity index (χ3n) is 3.26. The number of rotatable bonds is 5. The van der Waals surface area contributed by atoms with E-state index in [1.54, 1.807) is 6.20 Å². The molecule has 0 bridgehead atoms. The number of carbonyl (C=O) groups is 1. The number of fused-ring (bicyclic) bond motifs is 1. The number of nitrogens with one attached hydrogen (secondary N) is 1. The molecule has 1 aromatic carbocycles. The van der Waals surface area contributed by atoms with Crippen molar-refractivity contribution in [3.63, 3.8) is 0 Å². The van der Waals surface area contributed by atoms with Crippen LogP contribution in [0, 0.1) is 0 Å². The third kappa shape index (κ3) is 3.51. The molecule has 1 aliphatic rings. The van der Waals surface area contributed by atoms with Gasteiger partial charge in [0.1, 0.15) is 0 Å². The molecule has 1 amide bonds. The second kappa shape index (κ2) is 6.26. The topological polar surface area (TPSA) is 60.5 Å². The van der Waals surface area contributed by atoms with Crippen LogP contribution in [0.4, 0.5) is 0 Å². The van der Waals surface area contributed by atoms with E-state index < -0.39 is 0 Å². The van der Waals surface area contributed by atoms with Crippen LogP contribution < -0.4 is 14.8 Å². The minimum atomic E-state index is 0.0123. The molecule has 2 aromatic rings. The van der Waals surface area contributed by atoms with Gasteiger partial charge in [-0.15, -0.1) is 0 Å². The average Bonchev–Trinajstić information content (AvgIpc) is 2.99. The maximum Gasteiger partial charge on any atom is 0.231 e. The predicted octanol–water partition coefficient (Wildman–Crippen LogP) is 2.06. The van der Waals surface area contributed by atoms with Gasteiger partial charge >= 0.3 is 0 Å². The molecule has 0 radical (unpaired) electrons. The molecule has 0 unspecified atom stereocenters. The number of aryl methyl sites for hydroxylation is 1. The van der Waals surface area contributed by atoms with Crippen LogP contribution in [0.1, 0.15) is 17.7 Å². The zero-order chi connectivity index (χ0) is 14.5. The number of nitrogens with zero attached hydrogens (tertiary/aromatic N) is 1. The van der Waals surface area contributed by atoms with E-state index in [1.807, 2.05) is 36.4 Å². The first-order valence-electron chi connectivity index (χ1n) is 6.86. The molecule has 0 spiro atoms. The molecule has 2 heterocycles. The summed E-state index contributed by atoms with van der Waals surface area (Å²) in [6, 6.07) is 11.4. The highest BCUT2D eigenvalue weighted by atomic mass is 16.7. The maximum absolute atomic E-state index is 11.8. The largest absolute Gasteiger partial charge is 0.454 e. The Morgan fingerprint density at radius 2 is 2.10 bits per heavy atom. The van der Waals surface area contributed by atoms with Crippen molar-refractivity contribution in [1.29, 1.82) is 0 Å². The first-order valence-corrected chi connectivity index (χ1v) is 6.86. The second-order valence-corrected chi connectivity index (χ2v) is 4.79. The van der Waals surface area contributed by atoms with Crippen molar-refractivity contribution in [3.8, 4) is 11.5 Å². The molecule has 5 nitrogen and oxygen atoms in total. The molecule has 108 valence electrons. The van der Waals surface area contributed by atoms with Gasteiger partial charge in [-0.1, -0.05) is 12.1 Å². The summed E-state index contributed by atoms with van der Waals surface area (Å²) in [6.07, 6.45) is 2.81. The molecule has 0 fully saturated rings. The summed E-state index contributed by atoms with van der Waals surface area (Å²) in [5.41, 5.74) is 1.92. The van der Waals surface area contributed by atoms with Crippen LogP contribution in [0.15, 0.2) is 42.6 Å². The number of carbonyl (C=O) groups excluding carboxylic acids is 1. The van der Waals surface area contributed by atoms with Crippen LogP contribution in [0.25, 0.3) is 0 Å². The van der Waals surface area contributed by atoms with Gasteiger partial charge in [0, 0.05) is 24.9 Å². The van der Waals surface area contributed by atoms with E-state index in [1.165, 1.54) is 0 Å². The lowest BCUT2D eigenvalue weighted by molar-refractivity contribution is -0.121. The quantitative estimate of drug-likeness (QED) is 0.913. The number of ether oxygens (including phenoxy) is 2. The Morgan fingerprint density at radius 3 is 2.95 bits per heavy atom. The molecule has 0 atom stereocenters. The van der Waals surface area contributed by atoms with Gasteiger partial charge in [0.25, 0.3) is 0 Å². The Bertz CT molecular complexity index is 629. The molecule has 0 saturated heterocycles. The zero-order valence-corrected chi connectivity index (χ0v) is 11.5. The summed E-state index contributed by atoms with van der Waals surface area (Å²) in [6.45, 7) is 0.743. The predicted molar refractivity (Wildman–Crippen MR) is 77.0 cm³/mol. The monoisotopic (exact) mass is 284 g/mol.